The average Bonchev–Trinajstić information content (AvgIpc) is 3.11. The second-order valence-corrected chi connectivity index (χ2v) is 10.1. The van der Waals surface area contributed by atoms with Crippen LogP contribution < -0.4 is 0 Å². The van der Waals surface area contributed by atoms with Crippen LogP contribution in [0.15, 0.2) is 36.6 Å². The van der Waals surface area contributed by atoms with Crippen molar-refractivity contribution in [2.75, 3.05) is 13.1 Å². The first-order valence-corrected chi connectivity index (χ1v) is 12.3. The van der Waals surface area contributed by atoms with Crippen molar-refractivity contribution in [3.8, 4) is 0 Å². The second-order valence-electron chi connectivity index (χ2n) is 9.33. The first kappa shape index (κ1) is 26.4. The van der Waals surface area contributed by atoms with Gasteiger partial charge in [0.15, 0.2) is 0 Å². The number of amides is 1. The number of piperidine rings is 1. The number of hydrogen-bond donors (Lipinski definition) is 1. The summed E-state index contributed by atoms with van der Waals surface area (Å²) in [5.74, 6) is 0.217. The molecule has 1 aliphatic heterocycles. The van der Waals surface area contributed by atoms with Gasteiger partial charge in [-0.3, -0.25) is 9.48 Å². The van der Waals surface area contributed by atoms with E-state index in [2.05, 4.69) is 11.7 Å². The normalized spacial score (nSPS) is 15.0. The molecule has 4 rings (SSSR count). The number of nitrogens with zero attached hydrogens (tertiary/aromatic N) is 3. The molecule has 2 heterocycles. The number of benzene rings is 2. The first-order chi connectivity index (χ1) is 16.9. The molecule has 1 fully saturated rings. The van der Waals surface area contributed by atoms with Gasteiger partial charge in [-0.25, -0.2) is 0 Å². The zero-order valence-corrected chi connectivity index (χ0v) is 21.4. The van der Waals surface area contributed by atoms with Crippen LogP contribution >= 0.6 is 23.2 Å². The number of aliphatic hydroxyl groups excluding tert-OH is 1. The van der Waals surface area contributed by atoms with Crippen LogP contribution in [0.3, 0.4) is 0 Å². The van der Waals surface area contributed by atoms with Crippen LogP contribution in [0.25, 0.3) is 10.9 Å². The Kier molecular flexibility index (Phi) is 7.30. The molecule has 1 aliphatic rings. The van der Waals surface area contributed by atoms with Crippen molar-refractivity contribution in [3.05, 3.63) is 74.6 Å². The van der Waals surface area contributed by atoms with E-state index in [1.807, 2.05) is 0 Å². The molecule has 192 valence electrons. The lowest BCUT2D eigenvalue weighted by Gasteiger charge is -2.32. The van der Waals surface area contributed by atoms with Crippen LogP contribution in [-0.4, -0.2) is 38.8 Å². The zero-order chi connectivity index (χ0) is 26.4. The van der Waals surface area contributed by atoms with Gasteiger partial charge in [0.25, 0.3) is 5.91 Å². The number of aromatic nitrogens is 2. The molecule has 0 unspecified atom stereocenters. The van der Waals surface area contributed by atoms with Gasteiger partial charge in [-0.2, -0.15) is 18.3 Å². The Morgan fingerprint density at radius 3 is 2.50 bits per heavy atom. The van der Waals surface area contributed by atoms with E-state index in [4.69, 9.17) is 23.2 Å². The summed E-state index contributed by atoms with van der Waals surface area (Å²) >= 11 is 13.2. The molecular formula is C26H26Cl2F3N3O2. The first-order valence-electron chi connectivity index (χ1n) is 11.5. The lowest BCUT2D eigenvalue weighted by atomic mass is 9.92. The highest BCUT2D eigenvalue weighted by atomic mass is 35.5. The maximum absolute atomic E-state index is 13.3. The molecule has 3 aromatic rings. The minimum atomic E-state index is -4.47. The van der Waals surface area contributed by atoms with Gasteiger partial charge < -0.3 is 10.0 Å². The largest absolute Gasteiger partial charge is 0.513 e. The number of alkyl halides is 3. The van der Waals surface area contributed by atoms with Crippen LogP contribution in [0.1, 0.15) is 52.0 Å². The number of fused-ring (bicyclic) bond motifs is 1. The average molecular weight is 540 g/mol. The van der Waals surface area contributed by atoms with E-state index >= 15 is 0 Å². The van der Waals surface area contributed by atoms with E-state index in [1.54, 1.807) is 31.0 Å². The molecule has 36 heavy (non-hydrogen) atoms. The fraction of sp³-hybridized carbons (Fsp3) is 0.385. The highest BCUT2D eigenvalue weighted by Crippen LogP contribution is 2.37. The zero-order valence-electron chi connectivity index (χ0n) is 19.9. The summed E-state index contributed by atoms with van der Waals surface area (Å²) in [7, 11) is 1.59. The summed E-state index contributed by atoms with van der Waals surface area (Å²) < 4.78 is 41.4. The summed E-state index contributed by atoms with van der Waals surface area (Å²) in [5, 5.41) is 15.1. The highest BCUT2D eigenvalue weighted by molar-refractivity contribution is 6.38. The van der Waals surface area contributed by atoms with Crippen molar-refractivity contribution >= 4 is 40.0 Å². The van der Waals surface area contributed by atoms with Gasteiger partial charge in [-0.15, -0.1) is 0 Å². The Morgan fingerprint density at radius 1 is 1.22 bits per heavy atom. The van der Waals surface area contributed by atoms with Gasteiger partial charge in [0.2, 0.25) is 0 Å². The smallest absolute Gasteiger partial charge is 0.416 e. The molecule has 1 amide bonds. The molecule has 10 heteroatoms. The molecule has 0 atom stereocenters. The maximum atomic E-state index is 13.3. The minimum Gasteiger partial charge on any atom is -0.513 e. The van der Waals surface area contributed by atoms with Gasteiger partial charge in [0, 0.05) is 43.4 Å². The second kappa shape index (κ2) is 9.98. The van der Waals surface area contributed by atoms with Gasteiger partial charge in [0.05, 0.1) is 33.1 Å². The van der Waals surface area contributed by atoms with Crippen LogP contribution in [-0.2, 0) is 19.6 Å². The Balaban J connectivity index is 1.64. The lowest BCUT2D eigenvalue weighted by molar-refractivity contribution is -0.137. The van der Waals surface area contributed by atoms with Crippen molar-refractivity contribution in [3.63, 3.8) is 0 Å². The number of halogens is 5. The van der Waals surface area contributed by atoms with E-state index in [0.717, 1.165) is 25.0 Å². The third kappa shape index (κ3) is 5.20. The molecule has 1 N–H and O–H groups in total. The van der Waals surface area contributed by atoms with E-state index in [-0.39, 0.29) is 29.0 Å². The van der Waals surface area contributed by atoms with Crippen LogP contribution in [0, 0.1) is 12.8 Å². The molecule has 5 nitrogen and oxygen atoms in total. The summed E-state index contributed by atoms with van der Waals surface area (Å²) in [6.45, 7) is 6.23. The highest BCUT2D eigenvalue weighted by Gasteiger charge is 2.32. The van der Waals surface area contributed by atoms with Crippen molar-refractivity contribution in [2.24, 2.45) is 13.0 Å². The standard InChI is InChI=1S/C26H26Cl2F3N3O2/c1-14-10-17(26(29,30)31)12-22-23(14)21(32-33(22)3)13-19-20(27)5-4-18(24(19)28)25(36)34-8-6-16(7-9-34)11-15(2)35/h4-5,10,12,16,35H,2,6-9,11,13H2,1,3H3. The van der Waals surface area contributed by atoms with Crippen molar-refractivity contribution < 1.29 is 23.1 Å². The summed E-state index contributed by atoms with van der Waals surface area (Å²) in [4.78, 5) is 15.0. The number of rotatable bonds is 5. The Morgan fingerprint density at radius 2 is 1.89 bits per heavy atom. The van der Waals surface area contributed by atoms with E-state index in [1.165, 1.54) is 4.68 Å². The molecule has 0 bridgehead atoms. The molecule has 1 aromatic heterocycles. The SMILES string of the molecule is C=C(O)CC1CCN(C(=O)c2ccc(Cl)c(Cc3nn(C)c4cc(C(F)(F)F)cc(C)c34)c2Cl)CC1. The third-order valence-electron chi connectivity index (χ3n) is 6.74. The van der Waals surface area contributed by atoms with Crippen LogP contribution in [0.4, 0.5) is 13.2 Å². The topological polar surface area (TPSA) is 58.4 Å². The van der Waals surface area contributed by atoms with Gasteiger partial charge in [0.1, 0.15) is 0 Å². The fourth-order valence-electron chi connectivity index (χ4n) is 4.91. The summed E-state index contributed by atoms with van der Waals surface area (Å²) in [6, 6.07) is 5.39. The van der Waals surface area contributed by atoms with E-state index in [0.29, 0.717) is 57.8 Å². The van der Waals surface area contributed by atoms with E-state index < -0.39 is 11.7 Å². The van der Waals surface area contributed by atoms with Crippen molar-refractivity contribution in [1.29, 1.82) is 0 Å². The van der Waals surface area contributed by atoms with Crippen LogP contribution in [0.2, 0.25) is 10.0 Å². The number of carbonyl (C=O) groups excluding carboxylic acids is 1. The summed E-state index contributed by atoms with van der Waals surface area (Å²) in [5.41, 5.74) is 1.39. The minimum absolute atomic E-state index is 0.150. The Labute approximate surface area is 217 Å². The van der Waals surface area contributed by atoms with Crippen LogP contribution in [0.5, 0.6) is 0 Å². The monoisotopic (exact) mass is 539 g/mol. The summed E-state index contributed by atoms with van der Waals surface area (Å²) in [6.07, 6.45) is -2.28. The predicted molar refractivity (Wildman–Crippen MR) is 135 cm³/mol. The number of likely N-dealkylation sites (tertiary alicyclic amines) is 1. The van der Waals surface area contributed by atoms with Gasteiger partial charge in [-0.05, 0) is 61.1 Å². The Hall–Kier alpha value is -2.71. The van der Waals surface area contributed by atoms with Gasteiger partial charge in [-0.1, -0.05) is 29.8 Å². The quantitative estimate of drug-likeness (QED) is 0.351. The maximum Gasteiger partial charge on any atom is 0.416 e. The van der Waals surface area contributed by atoms with Crippen molar-refractivity contribution in [2.45, 2.75) is 38.8 Å². The number of aryl methyl sites for hydroxylation is 2. The molecule has 1 saturated heterocycles. The molecule has 0 aliphatic carbocycles. The number of aliphatic hydroxyl groups is 1. The molecule has 0 saturated carbocycles. The molecule has 2 aromatic carbocycles. The molecule has 0 radical (unpaired) electrons. The van der Waals surface area contributed by atoms with Gasteiger partial charge >= 0.3 is 6.18 Å². The molecule has 0 spiro atoms. The number of hydrogen-bond acceptors (Lipinski definition) is 3. The number of allylic oxidation sites excluding steroid dienone is 1. The number of carbonyl (C=O) groups is 1. The Bertz CT molecular complexity index is 1340. The van der Waals surface area contributed by atoms with E-state index in [9.17, 15) is 23.1 Å². The molecular weight excluding hydrogens is 514 g/mol. The predicted octanol–water partition coefficient (Wildman–Crippen LogP) is 7.11. The lowest BCUT2D eigenvalue weighted by Crippen LogP contribution is -2.38. The third-order valence-corrected chi connectivity index (χ3v) is 7.52. The fourth-order valence-corrected chi connectivity index (χ4v) is 5.49. The van der Waals surface area contributed by atoms with Crippen molar-refractivity contribution in [1.82, 2.24) is 14.7 Å².